The Labute approximate surface area is 142 Å². The van der Waals surface area contributed by atoms with Gasteiger partial charge in [0.15, 0.2) is 0 Å². The van der Waals surface area contributed by atoms with Crippen molar-refractivity contribution in [1.29, 1.82) is 0 Å². The van der Waals surface area contributed by atoms with E-state index >= 15 is 0 Å². The zero-order valence-corrected chi connectivity index (χ0v) is 14.0. The highest BCUT2D eigenvalue weighted by atomic mass is 16.5. The summed E-state index contributed by atoms with van der Waals surface area (Å²) in [6.07, 6.45) is 6.68. The molecule has 1 aliphatic carbocycles. The third-order valence-corrected chi connectivity index (χ3v) is 5.05. The molecule has 1 saturated carbocycles. The molecule has 3 heterocycles. The molecule has 0 unspecified atom stereocenters. The van der Waals surface area contributed by atoms with Crippen LogP contribution in [0.2, 0.25) is 0 Å². The predicted molar refractivity (Wildman–Crippen MR) is 89.9 cm³/mol. The largest absolute Gasteiger partial charge is 0.370 e. The van der Waals surface area contributed by atoms with Crippen molar-refractivity contribution in [1.82, 2.24) is 14.5 Å². The fourth-order valence-electron chi connectivity index (χ4n) is 3.43. The zero-order valence-electron chi connectivity index (χ0n) is 14.0. The molecule has 3 atom stereocenters. The molecule has 126 valence electrons. The van der Waals surface area contributed by atoms with Gasteiger partial charge in [-0.2, -0.15) is 0 Å². The van der Waals surface area contributed by atoms with E-state index < -0.39 is 0 Å². The maximum atomic E-state index is 12.7. The van der Waals surface area contributed by atoms with Gasteiger partial charge in [0.25, 0.3) is 0 Å². The van der Waals surface area contributed by atoms with Crippen molar-refractivity contribution in [2.45, 2.75) is 39.1 Å². The van der Waals surface area contributed by atoms with Gasteiger partial charge in [0.1, 0.15) is 0 Å². The minimum Gasteiger partial charge on any atom is -0.370 e. The Morgan fingerprint density at radius 1 is 1.33 bits per heavy atom. The van der Waals surface area contributed by atoms with E-state index in [0.29, 0.717) is 25.6 Å². The van der Waals surface area contributed by atoms with Crippen LogP contribution in [0.5, 0.6) is 0 Å². The Morgan fingerprint density at radius 2 is 2.21 bits per heavy atom. The van der Waals surface area contributed by atoms with Gasteiger partial charge in [-0.25, -0.2) is 0 Å². The van der Waals surface area contributed by atoms with Gasteiger partial charge in [-0.3, -0.25) is 9.78 Å². The van der Waals surface area contributed by atoms with Gasteiger partial charge < -0.3 is 14.2 Å². The van der Waals surface area contributed by atoms with Gasteiger partial charge >= 0.3 is 0 Å². The van der Waals surface area contributed by atoms with Gasteiger partial charge in [-0.15, -0.1) is 0 Å². The van der Waals surface area contributed by atoms with E-state index in [1.165, 1.54) is 5.69 Å². The Morgan fingerprint density at radius 3 is 2.96 bits per heavy atom. The molecule has 4 rings (SSSR count). The SMILES string of the molecule is C[C@@H]1C[C@H]1C(=O)N1Cc2cccn2C[C@@H](OCc2cccnc2)C1. The Bertz CT molecular complexity index is 712. The third kappa shape index (κ3) is 3.22. The second kappa shape index (κ2) is 6.40. The van der Waals surface area contributed by atoms with E-state index in [1.807, 2.05) is 29.3 Å². The second-order valence-corrected chi connectivity index (χ2v) is 6.98. The number of hydrogen-bond acceptors (Lipinski definition) is 3. The predicted octanol–water partition coefficient (Wildman–Crippen LogP) is 2.47. The van der Waals surface area contributed by atoms with E-state index in [0.717, 1.165) is 18.5 Å². The molecular formula is C19H23N3O2. The van der Waals surface area contributed by atoms with Crippen molar-refractivity contribution in [2.24, 2.45) is 11.8 Å². The van der Waals surface area contributed by atoms with Crippen LogP contribution in [-0.2, 0) is 29.2 Å². The highest BCUT2D eigenvalue weighted by Gasteiger charge is 2.42. The van der Waals surface area contributed by atoms with Crippen LogP contribution in [0.25, 0.3) is 0 Å². The molecule has 0 spiro atoms. The van der Waals surface area contributed by atoms with E-state index in [1.54, 1.807) is 6.20 Å². The Hall–Kier alpha value is -2.14. The van der Waals surface area contributed by atoms with E-state index in [2.05, 4.69) is 28.7 Å². The summed E-state index contributed by atoms with van der Waals surface area (Å²) in [4.78, 5) is 18.8. The Balaban J connectivity index is 1.48. The summed E-state index contributed by atoms with van der Waals surface area (Å²) in [5.41, 5.74) is 2.24. The lowest BCUT2D eigenvalue weighted by atomic mass is 10.2. The number of rotatable bonds is 4. The lowest BCUT2D eigenvalue weighted by Gasteiger charge is -2.24. The van der Waals surface area contributed by atoms with Crippen LogP contribution in [0, 0.1) is 11.8 Å². The lowest BCUT2D eigenvalue weighted by Crippen LogP contribution is -2.38. The molecule has 5 heteroatoms. The lowest BCUT2D eigenvalue weighted by molar-refractivity contribution is -0.135. The van der Waals surface area contributed by atoms with Crippen molar-refractivity contribution in [3.63, 3.8) is 0 Å². The second-order valence-electron chi connectivity index (χ2n) is 6.98. The molecule has 0 saturated heterocycles. The summed E-state index contributed by atoms with van der Waals surface area (Å²) in [5.74, 6) is 1.03. The van der Waals surface area contributed by atoms with E-state index in [-0.39, 0.29) is 17.9 Å². The van der Waals surface area contributed by atoms with Crippen molar-refractivity contribution in [2.75, 3.05) is 6.54 Å². The quantitative estimate of drug-likeness (QED) is 0.867. The first-order valence-corrected chi connectivity index (χ1v) is 8.64. The van der Waals surface area contributed by atoms with Crippen LogP contribution < -0.4 is 0 Å². The van der Waals surface area contributed by atoms with Gasteiger partial charge in [0, 0.05) is 36.7 Å². The summed E-state index contributed by atoms with van der Waals surface area (Å²) >= 11 is 0. The first-order chi connectivity index (χ1) is 11.7. The molecule has 0 radical (unpaired) electrons. The maximum absolute atomic E-state index is 12.7. The van der Waals surface area contributed by atoms with Crippen molar-refractivity contribution >= 4 is 5.91 Å². The average Bonchev–Trinajstić information content (AvgIpc) is 3.23. The number of fused-ring (bicyclic) bond motifs is 1. The van der Waals surface area contributed by atoms with E-state index in [9.17, 15) is 4.79 Å². The van der Waals surface area contributed by atoms with Crippen LogP contribution in [-0.4, -0.2) is 33.0 Å². The molecule has 2 aromatic heterocycles. The van der Waals surface area contributed by atoms with Crippen molar-refractivity contribution < 1.29 is 9.53 Å². The molecular weight excluding hydrogens is 302 g/mol. The molecule has 0 bridgehead atoms. The number of ether oxygens (including phenoxy) is 1. The van der Waals surface area contributed by atoms with Gasteiger partial charge in [0.2, 0.25) is 5.91 Å². The molecule has 5 nitrogen and oxygen atoms in total. The minimum absolute atomic E-state index is 0.00291. The standard InChI is InChI=1S/C19H23N3O2/c1-14-8-18(14)19(23)22-10-16-5-3-7-21(16)11-17(12-22)24-13-15-4-2-6-20-9-15/h2-7,9,14,17-18H,8,10-13H2,1H3/t14-,17-,18-/m1/s1. The molecule has 2 aliphatic rings. The number of aromatic nitrogens is 2. The van der Waals surface area contributed by atoms with Crippen molar-refractivity contribution in [3.8, 4) is 0 Å². The number of carbonyl (C=O) groups is 1. The van der Waals surface area contributed by atoms with E-state index in [4.69, 9.17) is 4.74 Å². The maximum Gasteiger partial charge on any atom is 0.226 e. The number of hydrogen-bond donors (Lipinski definition) is 0. The van der Waals surface area contributed by atoms with Crippen LogP contribution in [0.1, 0.15) is 24.6 Å². The fraction of sp³-hybridized carbons (Fsp3) is 0.474. The van der Waals surface area contributed by atoms with Crippen molar-refractivity contribution in [3.05, 3.63) is 54.1 Å². The Kier molecular flexibility index (Phi) is 4.10. The molecule has 0 aromatic carbocycles. The monoisotopic (exact) mass is 325 g/mol. The van der Waals surface area contributed by atoms with Crippen LogP contribution >= 0.6 is 0 Å². The summed E-state index contributed by atoms with van der Waals surface area (Å²) < 4.78 is 8.33. The number of amides is 1. The summed E-state index contributed by atoms with van der Waals surface area (Å²) in [5, 5.41) is 0. The summed E-state index contributed by atoms with van der Waals surface area (Å²) in [7, 11) is 0. The molecule has 0 N–H and O–H groups in total. The average molecular weight is 325 g/mol. The third-order valence-electron chi connectivity index (χ3n) is 5.05. The first-order valence-electron chi connectivity index (χ1n) is 8.64. The van der Waals surface area contributed by atoms with Gasteiger partial charge in [-0.1, -0.05) is 13.0 Å². The summed E-state index contributed by atoms with van der Waals surface area (Å²) in [6, 6.07) is 8.07. The highest BCUT2D eigenvalue weighted by molar-refractivity contribution is 5.81. The zero-order chi connectivity index (χ0) is 16.5. The molecule has 24 heavy (non-hydrogen) atoms. The molecule has 1 fully saturated rings. The highest BCUT2D eigenvalue weighted by Crippen LogP contribution is 2.39. The van der Waals surface area contributed by atoms with Gasteiger partial charge in [0.05, 0.1) is 25.8 Å². The topological polar surface area (TPSA) is 47.4 Å². The smallest absolute Gasteiger partial charge is 0.226 e. The first kappa shape index (κ1) is 15.4. The fourth-order valence-corrected chi connectivity index (χ4v) is 3.43. The van der Waals surface area contributed by atoms with Crippen LogP contribution in [0.4, 0.5) is 0 Å². The van der Waals surface area contributed by atoms with Gasteiger partial charge in [-0.05, 0) is 36.1 Å². The number of pyridine rings is 1. The normalized spacial score (nSPS) is 25.9. The van der Waals surface area contributed by atoms with Crippen LogP contribution in [0.15, 0.2) is 42.9 Å². The van der Waals surface area contributed by atoms with Crippen LogP contribution in [0.3, 0.4) is 0 Å². The minimum atomic E-state index is -0.00291. The number of carbonyl (C=O) groups excluding carboxylic acids is 1. The summed E-state index contributed by atoms with van der Waals surface area (Å²) in [6.45, 7) is 4.80. The number of nitrogens with zero attached hydrogens (tertiary/aromatic N) is 3. The molecule has 2 aromatic rings. The molecule has 1 amide bonds. The molecule has 1 aliphatic heterocycles.